The van der Waals surface area contributed by atoms with Crippen molar-refractivity contribution in [2.24, 2.45) is 0 Å². The van der Waals surface area contributed by atoms with Gasteiger partial charge in [0.2, 0.25) is 5.91 Å². The van der Waals surface area contributed by atoms with Gasteiger partial charge in [-0.05, 0) is 67.6 Å². The third kappa shape index (κ3) is 5.90. The number of carbonyl (C=O) groups excluding carboxylic acids is 2. The number of pyridine rings is 1. The molecule has 0 saturated carbocycles. The van der Waals surface area contributed by atoms with Gasteiger partial charge >= 0.3 is 0 Å². The number of nitrogens with zero attached hydrogens (tertiary/aromatic N) is 2. The number of aromatic nitrogens is 1. The van der Waals surface area contributed by atoms with E-state index in [4.69, 9.17) is 0 Å². The molecule has 1 heterocycles. The van der Waals surface area contributed by atoms with E-state index in [-0.39, 0.29) is 18.0 Å². The predicted octanol–water partition coefficient (Wildman–Crippen LogP) is 3.63. The highest BCUT2D eigenvalue weighted by atomic mass is 32.2. The molecular weight excluding hydrogens is 436 g/mol. The first-order valence-electron chi connectivity index (χ1n) is 10.2. The van der Waals surface area contributed by atoms with Gasteiger partial charge in [-0.2, -0.15) is 5.26 Å². The summed E-state index contributed by atoms with van der Waals surface area (Å²) >= 11 is 1.65. The Morgan fingerprint density at radius 3 is 2.48 bits per heavy atom. The van der Waals surface area contributed by atoms with Gasteiger partial charge < -0.3 is 15.2 Å². The lowest BCUT2D eigenvalue weighted by Gasteiger charge is -2.13. The molecule has 8 heteroatoms. The fraction of sp³-hybridized carbons (Fsp3) is 0.200. The average Bonchev–Trinajstić information content (AvgIpc) is 2.81. The first kappa shape index (κ1) is 23.8. The number of rotatable bonds is 7. The minimum atomic E-state index is -0.496. The van der Waals surface area contributed by atoms with Crippen molar-refractivity contribution in [1.82, 2.24) is 9.88 Å². The van der Waals surface area contributed by atoms with Crippen LogP contribution in [0.2, 0.25) is 0 Å². The summed E-state index contributed by atoms with van der Waals surface area (Å²) in [5, 5.41) is 14.8. The summed E-state index contributed by atoms with van der Waals surface area (Å²) in [6.07, 6.45) is 2.01. The Bertz CT molecular complexity index is 1290. The summed E-state index contributed by atoms with van der Waals surface area (Å²) in [5.74, 6) is -0.691. The number of nitriles is 1. The van der Waals surface area contributed by atoms with Gasteiger partial charge in [0.25, 0.3) is 11.5 Å². The number of hydrogen-bond donors (Lipinski definition) is 2. The minimum absolute atomic E-state index is 0.0233. The molecular formula is C25H24N4O3S. The first-order chi connectivity index (χ1) is 15.8. The molecule has 33 heavy (non-hydrogen) atoms. The number of hydrogen-bond acceptors (Lipinski definition) is 5. The summed E-state index contributed by atoms with van der Waals surface area (Å²) in [4.78, 5) is 38.8. The lowest BCUT2D eigenvalue weighted by Crippen LogP contribution is -2.31. The highest BCUT2D eigenvalue weighted by molar-refractivity contribution is 7.98. The second kappa shape index (κ2) is 10.7. The van der Waals surface area contributed by atoms with Gasteiger partial charge in [0, 0.05) is 28.4 Å². The number of anilines is 1. The van der Waals surface area contributed by atoms with Crippen molar-refractivity contribution in [2.45, 2.75) is 31.8 Å². The molecule has 3 aromatic rings. The third-order valence-corrected chi connectivity index (χ3v) is 5.88. The standard InChI is InChI=1S/C25H24N4O3S/c1-16-11-17(2)29(25(32)22(16)13-26)15-23(30)28-20-6-4-5-19(12-20)24(31)27-14-18-7-9-21(33-3)10-8-18/h4-12H,14-15H2,1-3H3,(H,27,31)(H,28,30). The van der Waals surface area contributed by atoms with Crippen molar-refractivity contribution < 1.29 is 9.59 Å². The number of nitrogens with one attached hydrogen (secondary N) is 2. The molecule has 2 N–H and O–H groups in total. The number of thioether (sulfide) groups is 1. The molecule has 7 nitrogen and oxygen atoms in total. The molecule has 0 fully saturated rings. The fourth-order valence-electron chi connectivity index (χ4n) is 3.37. The number of benzene rings is 2. The zero-order valence-electron chi connectivity index (χ0n) is 18.6. The van der Waals surface area contributed by atoms with Gasteiger partial charge in [-0.25, -0.2) is 0 Å². The lowest BCUT2D eigenvalue weighted by atomic mass is 10.1. The number of carbonyl (C=O) groups is 2. The van der Waals surface area contributed by atoms with Crippen LogP contribution in [0.4, 0.5) is 5.69 Å². The Labute approximate surface area is 196 Å². The fourth-order valence-corrected chi connectivity index (χ4v) is 3.78. The number of amides is 2. The molecule has 2 aromatic carbocycles. The Morgan fingerprint density at radius 2 is 1.82 bits per heavy atom. The van der Waals surface area contributed by atoms with Crippen molar-refractivity contribution in [3.8, 4) is 6.07 Å². The topological polar surface area (TPSA) is 104 Å². The zero-order valence-corrected chi connectivity index (χ0v) is 19.5. The molecule has 168 valence electrons. The molecule has 3 rings (SSSR count). The van der Waals surface area contributed by atoms with Gasteiger partial charge in [-0.3, -0.25) is 14.4 Å². The normalized spacial score (nSPS) is 10.4. The second-order valence-electron chi connectivity index (χ2n) is 7.51. The van der Waals surface area contributed by atoms with E-state index in [0.717, 1.165) is 10.5 Å². The SMILES string of the molecule is CSc1ccc(CNC(=O)c2cccc(NC(=O)Cn3c(C)cc(C)c(C#N)c3=O)c2)cc1. The molecule has 0 unspecified atom stereocenters. The van der Waals surface area contributed by atoms with Gasteiger partial charge in [0.05, 0.1) is 0 Å². The maximum absolute atomic E-state index is 12.6. The van der Waals surface area contributed by atoms with Crippen LogP contribution in [0, 0.1) is 25.2 Å². The van der Waals surface area contributed by atoms with Crippen molar-refractivity contribution in [3.63, 3.8) is 0 Å². The summed E-state index contributed by atoms with van der Waals surface area (Å²) < 4.78 is 1.26. The lowest BCUT2D eigenvalue weighted by molar-refractivity contribution is -0.116. The van der Waals surface area contributed by atoms with Crippen LogP contribution in [0.15, 0.2) is 64.3 Å². The Balaban J connectivity index is 1.66. The summed E-state index contributed by atoms with van der Waals surface area (Å²) in [5.41, 5.74) is 2.53. The molecule has 1 aromatic heterocycles. The van der Waals surface area contributed by atoms with Crippen molar-refractivity contribution in [2.75, 3.05) is 11.6 Å². The zero-order chi connectivity index (χ0) is 24.0. The van der Waals surface area contributed by atoms with Crippen molar-refractivity contribution in [3.05, 3.63) is 92.9 Å². The molecule has 0 saturated heterocycles. The molecule has 0 bridgehead atoms. The quantitative estimate of drug-likeness (QED) is 0.524. The maximum atomic E-state index is 12.6. The maximum Gasteiger partial charge on any atom is 0.269 e. The van der Waals surface area contributed by atoms with Crippen LogP contribution in [0.5, 0.6) is 0 Å². The van der Waals surface area contributed by atoms with E-state index < -0.39 is 11.5 Å². The minimum Gasteiger partial charge on any atom is -0.348 e. The van der Waals surface area contributed by atoms with Gasteiger partial charge in [0.15, 0.2) is 0 Å². The highest BCUT2D eigenvalue weighted by Gasteiger charge is 2.14. The predicted molar refractivity (Wildman–Crippen MR) is 129 cm³/mol. The van der Waals surface area contributed by atoms with Gasteiger partial charge in [-0.15, -0.1) is 11.8 Å². The average molecular weight is 461 g/mol. The van der Waals surface area contributed by atoms with E-state index in [2.05, 4.69) is 10.6 Å². The van der Waals surface area contributed by atoms with Crippen LogP contribution in [0.1, 0.15) is 32.7 Å². The molecule has 0 aliphatic carbocycles. The second-order valence-corrected chi connectivity index (χ2v) is 8.39. The van der Waals surface area contributed by atoms with Crippen LogP contribution in [-0.2, 0) is 17.9 Å². The van der Waals surface area contributed by atoms with E-state index >= 15 is 0 Å². The van der Waals surface area contributed by atoms with Gasteiger partial charge in [-0.1, -0.05) is 18.2 Å². The van der Waals surface area contributed by atoms with Crippen LogP contribution < -0.4 is 16.2 Å². The van der Waals surface area contributed by atoms with Gasteiger partial charge in [0.1, 0.15) is 18.2 Å². The molecule has 2 amide bonds. The van der Waals surface area contributed by atoms with Crippen molar-refractivity contribution in [1.29, 1.82) is 5.26 Å². The Kier molecular flexibility index (Phi) is 7.70. The molecule has 0 aliphatic heterocycles. The highest BCUT2D eigenvalue weighted by Crippen LogP contribution is 2.15. The summed E-state index contributed by atoms with van der Waals surface area (Å²) in [6, 6.07) is 18.1. The van der Waals surface area contributed by atoms with Crippen LogP contribution in [0.3, 0.4) is 0 Å². The third-order valence-electron chi connectivity index (χ3n) is 5.14. The van der Waals surface area contributed by atoms with E-state index in [0.29, 0.717) is 29.1 Å². The first-order valence-corrected chi connectivity index (χ1v) is 11.5. The Hall–Kier alpha value is -3.83. The van der Waals surface area contributed by atoms with E-state index in [1.54, 1.807) is 55.9 Å². The van der Waals surface area contributed by atoms with Crippen molar-refractivity contribution >= 4 is 29.3 Å². The monoisotopic (exact) mass is 460 g/mol. The summed E-state index contributed by atoms with van der Waals surface area (Å²) in [6.45, 7) is 3.55. The van der Waals surface area contributed by atoms with Crippen LogP contribution in [0.25, 0.3) is 0 Å². The molecule has 0 spiro atoms. The number of aryl methyl sites for hydroxylation is 2. The van der Waals surface area contributed by atoms with E-state index in [1.807, 2.05) is 36.6 Å². The smallest absolute Gasteiger partial charge is 0.269 e. The van der Waals surface area contributed by atoms with Crippen LogP contribution >= 0.6 is 11.8 Å². The van der Waals surface area contributed by atoms with E-state index in [9.17, 15) is 19.6 Å². The molecule has 0 aliphatic rings. The molecule has 0 atom stereocenters. The molecule has 0 radical (unpaired) electrons. The Morgan fingerprint density at radius 1 is 1.09 bits per heavy atom. The summed E-state index contributed by atoms with van der Waals surface area (Å²) in [7, 11) is 0. The van der Waals surface area contributed by atoms with Crippen LogP contribution in [-0.4, -0.2) is 22.6 Å². The largest absolute Gasteiger partial charge is 0.348 e. The van der Waals surface area contributed by atoms with E-state index in [1.165, 1.54) is 4.57 Å².